The van der Waals surface area contributed by atoms with Crippen LogP contribution in [0.15, 0.2) is 46.9 Å². The molecular formula is C14H10BrClFNO2. The SMILES string of the molecule is O=C(O)C(Nc1cccc(F)c1)c1cc(Br)ccc1Cl. The lowest BCUT2D eigenvalue weighted by molar-refractivity contribution is -0.138. The fourth-order valence-corrected chi connectivity index (χ4v) is 2.36. The highest BCUT2D eigenvalue weighted by Gasteiger charge is 2.22. The van der Waals surface area contributed by atoms with Gasteiger partial charge in [0.15, 0.2) is 6.04 Å². The Morgan fingerprint density at radius 1 is 1.30 bits per heavy atom. The number of rotatable bonds is 4. The van der Waals surface area contributed by atoms with Crippen LogP contribution < -0.4 is 5.32 Å². The number of carboxylic acids is 1. The van der Waals surface area contributed by atoms with Gasteiger partial charge in [-0.3, -0.25) is 0 Å². The van der Waals surface area contributed by atoms with Crippen molar-refractivity contribution in [2.45, 2.75) is 6.04 Å². The molecule has 1 atom stereocenters. The van der Waals surface area contributed by atoms with E-state index < -0.39 is 17.8 Å². The monoisotopic (exact) mass is 357 g/mol. The van der Waals surface area contributed by atoms with E-state index in [1.807, 2.05) is 0 Å². The van der Waals surface area contributed by atoms with Crippen LogP contribution in [-0.2, 0) is 4.79 Å². The predicted molar refractivity (Wildman–Crippen MR) is 79.6 cm³/mol. The summed E-state index contributed by atoms with van der Waals surface area (Å²) in [6.45, 7) is 0. The molecule has 2 N–H and O–H groups in total. The minimum atomic E-state index is -1.10. The summed E-state index contributed by atoms with van der Waals surface area (Å²) < 4.78 is 13.9. The standard InChI is InChI=1S/C14H10BrClFNO2/c15-8-4-5-12(16)11(6-8)13(14(19)20)18-10-3-1-2-9(17)7-10/h1-7,13,18H,(H,19,20). The smallest absolute Gasteiger partial charge is 0.330 e. The van der Waals surface area contributed by atoms with Gasteiger partial charge in [-0.15, -0.1) is 0 Å². The number of benzene rings is 2. The summed E-state index contributed by atoms with van der Waals surface area (Å²) in [5, 5.41) is 12.4. The third-order valence-electron chi connectivity index (χ3n) is 2.65. The van der Waals surface area contributed by atoms with Gasteiger partial charge in [0.1, 0.15) is 5.82 Å². The van der Waals surface area contributed by atoms with Gasteiger partial charge >= 0.3 is 5.97 Å². The van der Waals surface area contributed by atoms with Gasteiger partial charge in [0.2, 0.25) is 0 Å². The van der Waals surface area contributed by atoms with Crippen LogP contribution in [0.1, 0.15) is 11.6 Å². The molecule has 0 spiro atoms. The first-order valence-corrected chi connectivity index (χ1v) is 6.84. The van der Waals surface area contributed by atoms with Crippen molar-refractivity contribution >= 4 is 39.2 Å². The average Bonchev–Trinajstić information content (AvgIpc) is 2.39. The second-order valence-electron chi connectivity index (χ2n) is 4.09. The van der Waals surface area contributed by atoms with Crippen LogP contribution in [0.2, 0.25) is 5.02 Å². The van der Waals surface area contributed by atoms with Crippen LogP contribution in [-0.4, -0.2) is 11.1 Å². The van der Waals surface area contributed by atoms with Gasteiger partial charge in [0.25, 0.3) is 0 Å². The van der Waals surface area contributed by atoms with E-state index in [0.29, 0.717) is 20.7 Å². The minimum Gasteiger partial charge on any atom is -0.479 e. The molecule has 0 saturated heterocycles. The van der Waals surface area contributed by atoms with Crippen LogP contribution in [0, 0.1) is 5.82 Å². The van der Waals surface area contributed by atoms with Crippen molar-refractivity contribution in [1.82, 2.24) is 0 Å². The fraction of sp³-hybridized carbons (Fsp3) is 0.0714. The minimum absolute atomic E-state index is 0.324. The van der Waals surface area contributed by atoms with Crippen molar-refractivity contribution in [1.29, 1.82) is 0 Å². The Balaban J connectivity index is 2.37. The van der Waals surface area contributed by atoms with Gasteiger partial charge in [-0.2, -0.15) is 0 Å². The Bertz CT molecular complexity index is 651. The van der Waals surface area contributed by atoms with Gasteiger partial charge < -0.3 is 10.4 Å². The zero-order chi connectivity index (χ0) is 14.7. The zero-order valence-corrected chi connectivity index (χ0v) is 12.5. The van der Waals surface area contributed by atoms with Crippen LogP contribution in [0.3, 0.4) is 0 Å². The van der Waals surface area contributed by atoms with Crippen molar-refractivity contribution in [3.05, 3.63) is 63.3 Å². The van der Waals surface area contributed by atoms with Crippen LogP contribution in [0.5, 0.6) is 0 Å². The van der Waals surface area contributed by atoms with E-state index in [9.17, 15) is 14.3 Å². The van der Waals surface area contributed by atoms with Gasteiger partial charge in [0.05, 0.1) is 0 Å². The average molecular weight is 359 g/mol. The lowest BCUT2D eigenvalue weighted by atomic mass is 10.1. The number of halogens is 3. The summed E-state index contributed by atoms with van der Waals surface area (Å²) in [6, 6.07) is 9.46. The van der Waals surface area contributed by atoms with Gasteiger partial charge in [0, 0.05) is 20.7 Å². The molecule has 1 unspecified atom stereocenters. The Labute approximate surface area is 128 Å². The van der Waals surface area contributed by atoms with Crippen molar-refractivity contribution < 1.29 is 14.3 Å². The molecule has 0 aliphatic rings. The maximum absolute atomic E-state index is 13.1. The highest BCUT2D eigenvalue weighted by Crippen LogP contribution is 2.29. The summed E-state index contributed by atoms with van der Waals surface area (Å²) in [4.78, 5) is 11.4. The molecule has 0 amide bonds. The van der Waals surface area contributed by atoms with Crippen molar-refractivity contribution in [2.75, 3.05) is 5.32 Å². The highest BCUT2D eigenvalue weighted by atomic mass is 79.9. The van der Waals surface area contributed by atoms with Crippen LogP contribution in [0.4, 0.5) is 10.1 Å². The number of hydrogen-bond acceptors (Lipinski definition) is 2. The number of carboxylic acid groups (broad SMARTS) is 1. The van der Waals surface area contributed by atoms with Gasteiger partial charge in [-0.1, -0.05) is 33.6 Å². The number of anilines is 1. The molecule has 3 nitrogen and oxygen atoms in total. The van der Waals surface area contributed by atoms with E-state index in [4.69, 9.17) is 11.6 Å². The molecule has 2 aromatic carbocycles. The largest absolute Gasteiger partial charge is 0.479 e. The maximum atomic E-state index is 13.1. The first kappa shape index (κ1) is 14.8. The summed E-state index contributed by atoms with van der Waals surface area (Å²) in [6.07, 6.45) is 0. The lowest BCUT2D eigenvalue weighted by Gasteiger charge is -2.17. The van der Waals surface area contributed by atoms with Crippen molar-refractivity contribution in [2.24, 2.45) is 0 Å². The van der Waals surface area contributed by atoms with Crippen molar-refractivity contribution in [3.63, 3.8) is 0 Å². The molecule has 20 heavy (non-hydrogen) atoms. The number of aliphatic carboxylic acids is 1. The normalized spacial score (nSPS) is 11.9. The summed E-state index contributed by atoms with van der Waals surface area (Å²) in [5.74, 6) is -1.55. The Morgan fingerprint density at radius 3 is 2.70 bits per heavy atom. The van der Waals surface area contributed by atoms with E-state index in [-0.39, 0.29) is 0 Å². The first-order valence-electron chi connectivity index (χ1n) is 5.67. The first-order chi connectivity index (χ1) is 9.47. The van der Waals surface area contributed by atoms with E-state index in [0.717, 1.165) is 0 Å². The molecule has 0 aliphatic heterocycles. The number of hydrogen-bond donors (Lipinski definition) is 2. The van der Waals surface area contributed by atoms with E-state index in [2.05, 4.69) is 21.2 Å². The molecule has 0 bridgehead atoms. The third-order valence-corrected chi connectivity index (χ3v) is 3.49. The summed E-state index contributed by atoms with van der Waals surface area (Å²) >= 11 is 9.31. The van der Waals surface area contributed by atoms with E-state index in [1.165, 1.54) is 18.2 Å². The van der Waals surface area contributed by atoms with Gasteiger partial charge in [-0.25, -0.2) is 9.18 Å². The second-order valence-corrected chi connectivity index (χ2v) is 5.41. The van der Waals surface area contributed by atoms with Crippen molar-refractivity contribution in [3.8, 4) is 0 Å². The Morgan fingerprint density at radius 2 is 2.05 bits per heavy atom. The quantitative estimate of drug-likeness (QED) is 0.847. The van der Waals surface area contributed by atoms with E-state index >= 15 is 0 Å². The number of carbonyl (C=O) groups is 1. The molecule has 0 radical (unpaired) electrons. The molecule has 0 aromatic heterocycles. The van der Waals surface area contributed by atoms with Crippen LogP contribution >= 0.6 is 27.5 Å². The summed E-state index contributed by atoms with van der Waals surface area (Å²) in [7, 11) is 0. The summed E-state index contributed by atoms with van der Waals surface area (Å²) in [5.41, 5.74) is 0.770. The third kappa shape index (κ3) is 3.49. The molecule has 0 fully saturated rings. The fourth-order valence-electron chi connectivity index (χ4n) is 1.75. The Kier molecular flexibility index (Phi) is 4.62. The molecule has 104 valence electrons. The topological polar surface area (TPSA) is 49.3 Å². The second kappa shape index (κ2) is 6.24. The number of nitrogens with one attached hydrogen (secondary N) is 1. The Hall–Kier alpha value is -1.59. The lowest BCUT2D eigenvalue weighted by Crippen LogP contribution is -2.21. The molecule has 2 aromatic rings. The molecule has 2 rings (SSSR count). The predicted octanol–water partition coefficient (Wildman–Crippen LogP) is 4.48. The molecule has 0 aliphatic carbocycles. The van der Waals surface area contributed by atoms with E-state index in [1.54, 1.807) is 24.3 Å². The maximum Gasteiger partial charge on any atom is 0.330 e. The highest BCUT2D eigenvalue weighted by molar-refractivity contribution is 9.10. The molecule has 6 heteroatoms. The molecule has 0 saturated carbocycles. The molecule has 0 heterocycles. The molecular weight excluding hydrogens is 349 g/mol. The van der Waals surface area contributed by atoms with Gasteiger partial charge in [-0.05, 0) is 36.4 Å². The van der Waals surface area contributed by atoms with Crippen LogP contribution in [0.25, 0.3) is 0 Å². The zero-order valence-electron chi connectivity index (χ0n) is 10.1.